The Morgan fingerprint density at radius 3 is 2.27 bits per heavy atom. The SMILES string of the molecule is CC(C)Cc1ccc(C(C)C2c3cc4c(cc3CCN2Cc2ccc(Cl)cc2)OCO4)cc1. The second-order valence-corrected chi connectivity index (χ2v) is 10.3. The van der Waals surface area contributed by atoms with Crippen LogP contribution >= 0.6 is 11.6 Å². The third-order valence-electron chi connectivity index (χ3n) is 6.94. The number of hydrogen-bond donors (Lipinski definition) is 0. The number of nitrogens with zero attached hydrogens (tertiary/aromatic N) is 1. The Labute approximate surface area is 202 Å². The molecule has 0 radical (unpaired) electrons. The van der Waals surface area contributed by atoms with Gasteiger partial charge in [0, 0.05) is 30.1 Å². The van der Waals surface area contributed by atoms with Gasteiger partial charge in [0.15, 0.2) is 11.5 Å². The minimum atomic E-state index is 0.259. The minimum Gasteiger partial charge on any atom is -0.454 e. The van der Waals surface area contributed by atoms with Crippen molar-refractivity contribution in [3.8, 4) is 11.5 Å². The lowest BCUT2D eigenvalue weighted by atomic mass is 9.81. The monoisotopic (exact) mass is 461 g/mol. The number of benzene rings is 3. The Balaban J connectivity index is 1.49. The molecule has 5 rings (SSSR count). The fourth-order valence-corrected chi connectivity index (χ4v) is 5.42. The number of fused-ring (bicyclic) bond motifs is 2. The van der Waals surface area contributed by atoms with Crippen molar-refractivity contribution >= 4 is 11.6 Å². The van der Waals surface area contributed by atoms with Gasteiger partial charge in [-0.1, -0.05) is 68.8 Å². The van der Waals surface area contributed by atoms with Gasteiger partial charge in [0.25, 0.3) is 0 Å². The van der Waals surface area contributed by atoms with Crippen LogP contribution in [0.1, 0.15) is 60.5 Å². The molecule has 2 aliphatic heterocycles. The Hall–Kier alpha value is -2.49. The molecule has 3 nitrogen and oxygen atoms in total. The standard InChI is InChI=1S/C29H32ClNO2/c1-19(2)14-21-4-8-23(9-5-21)20(3)29-26-16-28-27(32-18-33-28)15-24(26)12-13-31(29)17-22-6-10-25(30)11-7-22/h4-11,15-16,19-20,29H,12-14,17-18H2,1-3H3. The number of hydrogen-bond acceptors (Lipinski definition) is 3. The van der Waals surface area contributed by atoms with Crippen molar-refractivity contribution in [2.45, 2.75) is 52.1 Å². The van der Waals surface area contributed by atoms with E-state index in [2.05, 4.69) is 74.2 Å². The lowest BCUT2D eigenvalue weighted by Crippen LogP contribution is -2.37. The van der Waals surface area contributed by atoms with Crippen LogP contribution < -0.4 is 9.47 Å². The predicted octanol–water partition coefficient (Wildman–Crippen LogP) is 7.17. The minimum absolute atomic E-state index is 0.259. The smallest absolute Gasteiger partial charge is 0.231 e. The molecule has 2 heterocycles. The maximum Gasteiger partial charge on any atom is 0.231 e. The fourth-order valence-electron chi connectivity index (χ4n) is 5.29. The molecule has 0 N–H and O–H groups in total. The predicted molar refractivity (Wildman–Crippen MR) is 134 cm³/mol. The highest BCUT2D eigenvalue weighted by Crippen LogP contribution is 2.45. The van der Waals surface area contributed by atoms with Gasteiger partial charge in [0.05, 0.1) is 0 Å². The molecule has 0 amide bonds. The Kier molecular flexibility index (Phi) is 6.36. The number of halogens is 1. The molecule has 4 heteroatoms. The molecule has 3 aromatic carbocycles. The maximum absolute atomic E-state index is 6.14. The fraction of sp³-hybridized carbons (Fsp3) is 0.379. The van der Waals surface area contributed by atoms with E-state index in [4.69, 9.17) is 21.1 Å². The Morgan fingerprint density at radius 2 is 1.58 bits per heavy atom. The average molecular weight is 462 g/mol. The summed E-state index contributed by atoms with van der Waals surface area (Å²) < 4.78 is 11.4. The number of ether oxygens (including phenoxy) is 2. The van der Waals surface area contributed by atoms with Crippen molar-refractivity contribution in [3.05, 3.63) is 93.5 Å². The largest absolute Gasteiger partial charge is 0.454 e. The zero-order valence-electron chi connectivity index (χ0n) is 19.7. The molecule has 0 saturated heterocycles. The van der Waals surface area contributed by atoms with Crippen LogP contribution in [0.4, 0.5) is 0 Å². The molecule has 2 aliphatic rings. The van der Waals surface area contributed by atoms with Crippen LogP contribution in [0.15, 0.2) is 60.7 Å². The summed E-state index contributed by atoms with van der Waals surface area (Å²) in [6, 6.07) is 22.2. The van der Waals surface area contributed by atoms with Crippen molar-refractivity contribution in [2.24, 2.45) is 5.92 Å². The van der Waals surface area contributed by atoms with Crippen molar-refractivity contribution in [1.29, 1.82) is 0 Å². The second kappa shape index (κ2) is 9.40. The van der Waals surface area contributed by atoms with Gasteiger partial charge in [-0.3, -0.25) is 4.90 Å². The van der Waals surface area contributed by atoms with Crippen LogP contribution in [-0.2, 0) is 19.4 Å². The van der Waals surface area contributed by atoms with Gasteiger partial charge in [-0.2, -0.15) is 0 Å². The molecule has 0 fully saturated rings. The van der Waals surface area contributed by atoms with Crippen LogP contribution in [0.5, 0.6) is 11.5 Å². The zero-order valence-corrected chi connectivity index (χ0v) is 20.4. The van der Waals surface area contributed by atoms with Crippen molar-refractivity contribution in [1.82, 2.24) is 4.90 Å². The molecule has 2 unspecified atom stereocenters. The van der Waals surface area contributed by atoms with E-state index in [1.807, 2.05) is 12.1 Å². The lowest BCUT2D eigenvalue weighted by molar-refractivity contribution is 0.154. The van der Waals surface area contributed by atoms with Gasteiger partial charge in [0.1, 0.15) is 0 Å². The van der Waals surface area contributed by atoms with E-state index in [0.29, 0.717) is 18.6 Å². The summed E-state index contributed by atoms with van der Waals surface area (Å²) >= 11 is 6.14. The third kappa shape index (κ3) is 4.76. The van der Waals surface area contributed by atoms with Gasteiger partial charge in [-0.05, 0) is 70.8 Å². The first-order valence-electron chi connectivity index (χ1n) is 12.0. The van der Waals surface area contributed by atoms with Gasteiger partial charge >= 0.3 is 0 Å². The van der Waals surface area contributed by atoms with Crippen molar-refractivity contribution < 1.29 is 9.47 Å². The first kappa shape index (κ1) is 22.3. The zero-order chi connectivity index (χ0) is 22.9. The van der Waals surface area contributed by atoms with Crippen LogP contribution in [0, 0.1) is 5.92 Å². The second-order valence-electron chi connectivity index (χ2n) is 9.82. The molecule has 3 aromatic rings. The van der Waals surface area contributed by atoms with Crippen LogP contribution in [0.25, 0.3) is 0 Å². The summed E-state index contributed by atoms with van der Waals surface area (Å²) in [5.41, 5.74) is 6.80. The molecule has 0 spiro atoms. The van der Waals surface area contributed by atoms with Crippen LogP contribution in [0.2, 0.25) is 5.02 Å². The normalized spacial score (nSPS) is 18.4. The van der Waals surface area contributed by atoms with Gasteiger partial charge in [-0.25, -0.2) is 0 Å². The molecule has 2 atom stereocenters. The van der Waals surface area contributed by atoms with Gasteiger partial charge in [0.2, 0.25) is 6.79 Å². The maximum atomic E-state index is 6.14. The van der Waals surface area contributed by atoms with E-state index in [-0.39, 0.29) is 6.04 Å². The highest BCUT2D eigenvalue weighted by atomic mass is 35.5. The lowest BCUT2D eigenvalue weighted by Gasteiger charge is -2.41. The summed E-state index contributed by atoms with van der Waals surface area (Å²) in [6.45, 7) is 9.12. The van der Waals surface area contributed by atoms with Gasteiger partial charge in [-0.15, -0.1) is 0 Å². The average Bonchev–Trinajstić information content (AvgIpc) is 3.26. The van der Waals surface area contributed by atoms with E-state index < -0.39 is 0 Å². The van der Waals surface area contributed by atoms with E-state index in [1.165, 1.54) is 27.8 Å². The molecule has 33 heavy (non-hydrogen) atoms. The van der Waals surface area contributed by atoms with Crippen LogP contribution in [-0.4, -0.2) is 18.2 Å². The topological polar surface area (TPSA) is 21.7 Å². The first-order valence-corrected chi connectivity index (χ1v) is 12.4. The number of rotatable bonds is 6. The first-order chi connectivity index (χ1) is 16.0. The van der Waals surface area contributed by atoms with Gasteiger partial charge < -0.3 is 9.47 Å². The Bertz CT molecular complexity index is 1110. The van der Waals surface area contributed by atoms with E-state index >= 15 is 0 Å². The molecule has 172 valence electrons. The van der Waals surface area contributed by atoms with E-state index in [1.54, 1.807) is 0 Å². The molecular formula is C29H32ClNO2. The van der Waals surface area contributed by atoms with E-state index in [0.717, 1.165) is 42.5 Å². The van der Waals surface area contributed by atoms with Crippen molar-refractivity contribution in [2.75, 3.05) is 13.3 Å². The summed E-state index contributed by atoms with van der Waals surface area (Å²) in [4.78, 5) is 2.61. The molecule has 0 aliphatic carbocycles. The quantitative estimate of drug-likeness (QED) is 0.388. The molecule has 0 saturated carbocycles. The highest BCUT2D eigenvalue weighted by molar-refractivity contribution is 6.30. The summed E-state index contributed by atoms with van der Waals surface area (Å²) in [6.07, 6.45) is 2.13. The molecule has 0 aromatic heterocycles. The summed E-state index contributed by atoms with van der Waals surface area (Å²) in [5.74, 6) is 2.75. The van der Waals surface area contributed by atoms with Crippen molar-refractivity contribution in [3.63, 3.8) is 0 Å². The summed E-state index contributed by atoms with van der Waals surface area (Å²) in [7, 11) is 0. The Morgan fingerprint density at radius 1 is 0.909 bits per heavy atom. The van der Waals surface area contributed by atoms with E-state index in [9.17, 15) is 0 Å². The third-order valence-corrected chi connectivity index (χ3v) is 7.19. The highest BCUT2D eigenvalue weighted by Gasteiger charge is 2.34. The molecule has 0 bridgehead atoms. The van der Waals surface area contributed by atoms with Crippen LogP contribution in [0.3, 0.4) is 0 Å². The molecular weight excluding hydrogens is 430 g/mol. The summed E-state index contributed by atoms with van der Waals surface area (Å²) in [5, 5.41) is 0.779.